The fraction of sp³-hybridized carbons (Fsp3) is 0.111. The summed E-state index contributed by atoms with van der Waals surface area (Å²) in [5.41, 5.74) is 0.434. The lowest BCUT2D eigenvalue weighted by atomic mass is 10.1. The highest BCUT2D eigenvalue weighted by Gasteiger charge is 2.35. The van der Waals surface area contributed by atoms with Crippen molar-refractivity contribution in [3.05, 3.63) is 69.3 Å². The van der Waals surface area contributed by atoms with E-state index in [-0.39, 0.29) is 21.4 Å². The SMILES string of the molecule is O=C(NNC(=O)c1ccccc1C(F)(F)F)c1csc(-c2ncc(C(F)(F)F)cc2Cl)n1. The Hall–Kier alpha value is -3.19. The average molecular weight is 495 g/mol. The van der Waals surface area contributed by atoms with Crippen molar-refractivity contribution in [3.63, 3.8) is 0 Å². The summed E-state index contributed by atoms with van der Waals surface area (Å²) in [6.45, 7) is 0. The van der Waals surface area contributed by atoms with Crippen LogP contribution in [-0.4, -0.2) is 21.8 Å². The van der Waals surface area contributed by atoms with Gasteiger partial charge in [-0.15, -0.1) is 11.3 Å². The van der Waals surface area contributed by atoms with E-state index in [4.69, 9.17) is 11.6 Å². The number of rotatable bonds is 3. The lowest BCUT2D eigenvalue weighted by Crippen LogP contribution is -2.42. The van der Waals surface area contributed by atoms with Crippen LogP contribution in [0.25, 0.3) is 10.7 Å². The van der Waals surface area contributed by atoms with Gasteiger partial charge in [0.1, 0.15) is 16.4 Å². The number of halogens is 7. The van der Waals surface area contributed by atoms with Crippen molar-refractivity contribution >= 4 is 34.8 Å². The van der Waals surface area contributed by atoms with Gasteiger partial charge in [0, 0.05) is 11.6 Å². The topological polar surface area (TPSA) is 84.0 Å². The minimum absolute atomic E-state index is 0.0163. The number of nitrogens with one attached hydrogen (secondary N) is 2. The molecule has 2 amide bonds. The number of hydrazine groups is 1. The van der Waals surface area contributed by atoms with Crippen LogP contribution in [0.1, 0.15) is 32.0 Å². The van der Waals surface area contributed by atoms with Crippen molar-refractivity contribution < 1.29 is 35.9 Å². The van der Waals surface area contributed by atoms with Crippen LogP contribution in [0.5, 0.6) is 0 Å². The molecule has 0 fully saturated rings. The first kappa shape index (κ1) is 23.5. The zero-order valence-corrected chi connectivity index (χ0v) is 16.9. The highest BCUT2D eigenvalue weighted by atomic mass is 35.5. The highest BCUT2D eigenvalue weighted by molar-refractivity contribution is 7.13. The summed E-state index contributed by atoms with van der Waals surface area (Å²) in [6.07, 6.45) is -8.87. The number of benzene rings is 1. The third-order valence-corrected chi connectivity index (χ3v) is 5.01. The third-order valence-electron chi connectivity index (χ3n) is 3.87. The van der Waals surface area contributed by atoms with Crippen molar-refractivity contribution in [1.29, 1.82) is 0 Å². The number of thiazole rings is 1. The van der Waals surface area contributed by atoms with Gasteiger partial charge in [0.25, 0.3) is 11.8 Å². The van der Waals surface area contributed by atoms with E-state index >= 15 is 0 Å². The standard InChI is InChI=1S/C18H9ClF6N4O2S/c19-11-5-8(17(20,21)22)6-26-13(11)16-27-12(7-32-16)15(31)29-28-14(30)9-3-1-2-4-10(9)18(23,24)25/h1-7H,(H,28,30)(H,29,31). The summed E-state index contributed by atoms with van der Waals surface area (Å²) < 4.78 is 77.2. The quantitative estimate of drug-likeness (QED) is 0.398. The molecule has 168 valence electrons. The number of hydrogen-bond acceptors (Lipinski definition) is 5. The largest absolute Gasteiger partial charge is 0.417 e. The molecule has 2 N–H and O–H groups in total. The summed E-state index contributed by atoms with van der Waals surface area (Å²) in [6, 6.07) is 4.63. The van der Waals surface area contributed by atoms with Gasteiger partial charge in [-0.2, -0.15) is 26.3 Å². The second kappa shape index (κ2) is 8.74. The molecule has 1 aromatic carbocycles. The molecule has 0 aliphatic rings. The van der Waals surface area contributed by atoms with Gasteiger partial charge in [-0.25, -0.2) is 4.98 Å². The molecule has 14 heteroatoms. The number of pyridine rings is 1. The Morgan fingerprint density at radius 3 is 2.25 bits per heavy atom. The van der Waals surface area contributed by atoms with Crippen molar-refractivity contribution in [2.75, 3.05) is 0 Å². The molecule has 0 bridgehead atoms. The molecule has 32 heavy (non-hydrogen) atoms. The molecule has 0 atom stereocenters. The maximum atomic E-state index is 13.0. The number of alkyl halides is 6. The van der Waals surface area contributed by atoms with Crippen LogP contribution in [-0.2, 0) is 12.4 Å². The van der Waals surface area contributed by atoms with Gasteiger partial charge in [-0.1, -0.05) is 23.7 Å². The molecular formula is C18H9ClF6N4O2S. The van der Waals surface area contributed by atoms with Gasteiger partial charge < -0.3 is 0 Å². The van der Waals surface area contributed by atoms with Crippen LogP contribution in [0.4, 0.5) is 26.3 Å². The predicted octanol–water partition coefficient (Wildman–Crippen LogP) is 4.97. The maximum Gasteiger partial charge on any atom is 0.417 e. The number of amides is 2. The molecule has 0 radical (unpaired) electrons. The van der Waals surface area contributed by atoms with Crippen molar-refractivity contribution in [1.82, 2.24) is 20.8 Å². The predicted molar refractivity (Wildman–Crippen MR) is 102 cm³/mol. The minimum Gasteiger partial charge on any atom is -0.267 e. The normalized spacial score (nSPS) is 11.8. The fourth-order valence-electron chi connectivity index (χ4n) is 2.41. The van der Waals surface area contributed by atoms with E-state index in [1.165, 1.54) is 11.4 Å². The summed E-state index contributed by atoms with van der Waals surface area (Å²) in [4.78, 5) is 31.8. The van der Waals surface area contributed by atoms with Crippen LogP contribution >= 0.6 is 22.9 Å². The number of carbonyl (C=O) groups is 2. The Morgan fingerprint density at radius 2 is 1.62 bits per heavy atom. The van der Waals surface area contributed by atoms with E-state index in [2.05, 4.69) is 9.97 Å². The molecule has 3 aromatic rings. The van der Waals surface area contributed by atoms with Gasteiger partial charge in [-0.05, 0) is 18.2 Å². The van der Waals surface area contributed by atoms with E-state index < -0.39 is 40.9 Å². The Morgan fingerprint density at radius 1 is 0.969 bits per heavy atom. The lowest BCUT2D eigenvalue weighted by Gasteiger charge is -2.12. The summed E-state index contributed by atoms with van der Waals surface area (Å²) in [5.74, 6) is -2.19. The maximum absolute atomic E-state index is 13.0. The molecule has 0 saturated heterocycles. The number of hydrogen-bond donors (Lipinski definition) is 2. The lowest BCUT2D eigenvalue weighted by molar-refractivity contribution is -0.138. The molecule has 0 spiro atoms. The van der Waals surface area contributed by atoms with Gasteiger partial charge in [0.2, 0.25) is 0 Å². The van der Waals surface area contributed by atoms with E-state index in [1.807, 2.05) is 10.9 Å². The first-order valence-electron chi connectivity index (χ1n) is 8.33. The Labute approximate surface area is 184 Å². The molecule has 2 aromatic heterocycles. The Bertz CT molecular complexity index is 1180. The van der Waals surface area contributed by atoms with Gasteiger partial charge in [-0.3, -0.25) is 25.4 Å². The molecule has 6 nitrogen and oxygen atoms in total. The minimum atomic E-state index is -4.78. The average Bonchev–Trinajstić information content (AvgIpc) is 3.20. The summed E-state index contributed by atoms with van der Waals surface area (Å²) in [7, 11) is 0. The number of carbonyl (C=O) groups excluding carboxylic acids is 2. The zero-order valence-electron chi connectivity index (χ0n) is 15.3. The molecule has 0 saturated carbocycles. The second-order valence-corrected chi connectivity index (χ2v) is 7.31. The second-order valence-electron chi connectivity index (χ2n) is 6.04. The van der Waals surface area contributed by atoms with Crippen LogP contribution < -0.4 is 10.9 Å². The molecule has 0 unspecified atom stereocenters. The van der Waals surface area contributed by atoms with Gasteiger partial charge in [0.15, 0.2) is 0 Å². The van der Waals surface area contributed by atoms with E-state index in [0.717, 1.165) is 23.5 Å². The number of aromatic nitrogens is 2. The van der Waals surface area contributed by atoms with E-state index in [1.54, 1.807) is 0 Å². The molecule has 3 rings (SSSR count). The molecule has 0 aliphatic carbocycles. The molecule has 0 aliphatic heterocycles. The monoisotopic (exact) mass is 494 g/mol. The highest BCUT2D eigenvalue weighted by Crippen LogP contribution is 2.35. The summed E-state index contributed by atoms with van der Waals surface area (Å²) in [5, 5.41) is 0.872. The van der Waals surface area contributed by atoms with E-state index in [9.17, 15) is 35.9 Å². The van der Waals surface area contributed by atoms with Crippen molar-refractivity contribution in [3.8, 4) is 10.7 Å². The summed E-state index contributed by atoms with van der Waals surface area (Å²) >= 11 is 6.67. The third kappa shape index (κ3) is 5.16. The van der Waals surface area contributed by atoms with Crippen LogP contribution in [0.3, 0.4) is 0 Å². The van der Waals surface area contributed by atoms with Gasteiger partial charge in [0.05, 0.1) is 21.7 Å². The Balaban J connectivity index is 1.72. The van der Waals surface area contributed by atoms with Crippen LogP contribution in [0, 0.1) is 0 Å². The fourth-order valence-corrected chi connectivity index (χ4v) is 3.53. The smallest absolute Gasteiger partial charge is 0.267 e. The van der Waals surface area contributed by atoms with Crippen molar-refractivity contribution in [2.45, 2.75) is 12.4 Å². The Kier molecular flexibility index (Phi) is 6.41. The van der Waals surface area contributed by atoms with Crippen LogP contribution in [0.2, 0.25) is 5.02 Å². The van der Waals surface area contributed by atoms with Gasteiger partial charge >= 0.3 is 12.4 Å². The zero-order chi connectivity index (χ0) is 23.7. The molecular weight excluding hydrogens is 486 g/mol. The first-order chi connectivity index (χ1) is 14.9. The van der Waals surface area contributed by atoms with E-state index in [0.29, 0.717) is 18.3 Å². The van der Waals surface area contributed by atoms with Crippen LogP contribution in [0.15, 0.2) is 41.9 Å². The first-order valence-corrected chi connectivity index (χ1v) is 9.59. The number of nitrogens with zero attached hydrogens (tertiary/aromatic N) is 2. The van der Waals surface area contributed by atoms with Crippen molar-refractivity contribution in [2.24, 2.45) is 0 Å². The molecule has 2 heterocycles.